The summed E-state index contributed by atoms with van der Waals surface area (Å²) in [5.41, 5.74) is 2.83. The SMILES string of the molecule is N#Cc1ccc(-c2ccc(OCCC3CCN(C(=O)OCc4nccs4)CC3)cc2)cc1. The zero-order chi connectivity index (χ0) is 22.2. The van der Waals surface area contributed by atoms with Crippen molar-refractivity contribution in [2.45, 2.75) is 25.9 Å². The smallest absolute Gasteiger partial charge is 0.410 e. The van der Waals surface area contributed by atoms with E-state index in [1.807, 2.05) is 53.9 Å². The van der Waals surface area contributed by atoms with Gasteiger partial charge in [0.15, 0.2) is 0 Å². The van der Waals surface area contributed by atoms with Crippen molar-refractivity contribution in [2.24, 2.45) is 5.92 Å². The summed E-state index contributed by atoms with van der Waals surface area (Å²) in [7, 11) is 0. The summed E-state index contributed by atoms with van der Waals surface area (Å²) in [5.74, 6) is 1.40. The van der Waals surface area contributed by atoms with Crippen LogP contribution in [-0.4, -0.2) is 35.7 Å². The van der Waals surface area contributed by atoms with Crippen LogP contribution in [0.25, 0.3) is 11.1 Å². The van der Waals surface area contributed by atoms with Gasteiger partial charge >= 0.3 is 6.09 Å². The van der Waals surface area contributed by atoms with Crippen LogP contribution >= 0.6 is 11.3 Å². The number of amides is 1. The summed E-state index contributed by atoms with van der Waals surface area (Å²) in [6.45, 7) is 2.35. The van der Waals surface area contributed by atoms with Gasteiger partial charge < -0.3 is 14.4 Å². The number of carbonyl (C=O) groups is 1. The fourth-order valence-electron chi connectivity index (χ4n) is 3.77. The van der Waals surface area contributed by atoms with Crippen LogP contribution in [-0.2, 0) is 11.3 Å². The van der Waals surface area contributed by atoms with Crippen molar-refractivity contribution >= 4 is 17.4 Å². The lowest BCUT2D eigenvalue weighted by Crippen LogP contribution is -2.39. The van der Waals surface area contributed by atoms with E-state index in [1.54, 1.807) is 11.1 Å². The van der Waals surface area contributed by atoms with E-state index in [9.17, 15) is 4.79 Å². The summed E-state index contributed by atoms with van der Waals surface area (Å²) in [4.78, 5) is 18.1. The molecular weight excluding hydrogens is 422 g/mol. The Morgan fingerprint density at radius 1 is 1.09 bits per heavy atom. The zero-order valence-electron chi connectivity index (χ0n) is 17.8. The van der Waals surface area contributed by atoms with Gasteiger partial charge in [0.2, 0.25) is 0 Å². The first kappa shape index (κ1) is 21.8. The Bertz CT molecular complexity index is 1040. The number of piperidine rings is 1. The molecule has 1 fully saturated rings. The van der Waals surface area contributed by atoms with Crippen molar-refractivity contribution in [3.05, 3.63) is 70.7 Å². The van der Waals surface area contributed by atoms with Crippen molar-refractivity contribution in [1.82, 2.24) is 9.88 Å². The summed E-state index contributed by atoms with van der Waals surface area (Å²) in [6.07, 6.45) is 4.36. The molecule has 0 atom stereocenters. The summed E-state index contributed by atoms with van der Waals surface area (Å²) in [6, 6.07) is 17.7. The topological polar surface area (TPSA) is 75.5 Å². The van der Waals surface area contributed by atoms with Gasteiger partial charge in [-0.1, -0.05) is 24.3 Å². The first-order chi connectivity index (χ1) is 15.7. The number of thiazole rings is 1. The van der Waals surface area contributed by atoms with E-state index in [0.717, 1.165) is 54.2 Å². The Kier molecular flexibility index (Phi) is 7.36. The normalized spacial score (nSPS) is 14.0. The quantitative estimate of drug-likeness (QED) is 0.478. The fourth-order valence-corrected chi connectivity index (χ4v) is 4.29. The molecule has 1 amide bonds. The molecule has 3 aromatic rings. The molecule has 4 rings (SSSR count). The number of rotatable bonds is 7. The van der Waals surface area contributed by atoms with Crippen molar-refractivity contribution in [2.75, 3.05) is 19.7 Å². The molecular formula is C25H25N3O3S. The Morgan fingerprint density at radius 2 is 1.78 bits per heavy atom. The van der Waals surface area contributed by atoms with Crippen LogP contribution in [0.4, 0.5) is 4.79 Å². The minimum absolute atomic E-state index is 0.244. The van der Waals surface area contributed by atoms with Gasteiger partial charge in [-0.05, 0) is 60.6 Å². The van der Waals surface area contributed by atoms with Crippen molar-refractivity contribution < 1.29 is 14.3 Å². The van der Waals surface area contributed by atoms with Crippen LogP contribution in [0.2, 0.25) is 0 Å². The number of ether oxygens (including phenoxy) is 2. The maximum Gasteiger partial charge on any atom is 0.410 e. The van der Waals surface area contributed by atoms with E-state index in [-0.39, 0.29) is 12.7 Å². The third-order valence-electron chi connectivity index (χ3n) is 5.67. The highest BCUT2D eigenvalue weighted by Crippen LogP contribution is 2.25. The number of carbonyl (C=O) groups excluding carboxylic acids is 1. The molecule has 0 saturated carbocycles. The molecule has 1 aliphatic rings. The molecule has 0 N–H and O–H groups in total. The second-order valence-corrected chi connectivity index (χ2v) is 8.74. The van der Waals surface area contributed by atoms with Crippen molar-refractivity contribution in [3.8, 4) is 22.9 Å². The third kappa shape index (κ3) is 5.86. The number of hydrogen-bond acceptors (Lipinski definition) is 6. The average molecular weight is 448 g/mol. The van der Waals surface area contributed by atoms with Gasteiger partial charge in [-0.2, -0.15) is 5.26 Å². The lowest BCUT2D eigenvalue weighted by Gasteiger charge is -2.31. The van der Waals surface area contributed by atoms with E-state index >= 15 is 0 Å². The number of hydrogen-bond donors (Lipinski definition) is 0. The standard InChI is InChI=1S/C25H25N3O3S/c26-17-20-1-3-21(4-2-20)22-5-7-23(8-6-22)30-15-11-19-9-13-28(14-10-19)25(29)31-18-24-27-12-16-32-24/h1-8,12,16,19H,9-11,13-15,18H2. The van der Waals surface area contributed by atoms with Gasteiger partial charge in [-0.25, -0.2) is 9.78 Å². The third-order valence-corrected chi connectivity index (χ3v) is 6.42. The van der Waals surface area contributed by atoms with Gasteiger partial charge in [0.1, 0.15) is 17.4 Å². The highest BCUT2D eigenvalue weighted by atomic mass is 32.1. The number of aromatic nitrogens is 1. The van der Waals surface area contributed by atoms with Gasteiger partial charge in [0, 0.05) is 24.7 Å². The Morgan fingerprint density at radius 3 is 2.41 bits per heavy atom. The monoisotopic (exact) mass is 447 g/mol. The first-order valence-corrected chi connectivity index (χ1v) is 11.6. The number of likely N-dealkylation sites (tertiary alicyclic amines) is 1. The number of nitrogens with zero attached hydrogens (tertiary/aromatic N) is 3. The van der Waals surface area contributed by atoms with E-state index in [2.05, 4.69) is 11.1 Å². The number of benzene rings is 2. The van der Waals surface area contributed by atoms with E-state index in [4.69, 9.17) is 14.7 Å². The van der Waals surface area contributed by atoms with E-state index in [0.29, 0.717) is 18.1 Å². The zero-order valence-corrected chi connectivity index (χ0v) is 18.6. The molecule has 0 bridgehead atoms. The molecule has 0 unspecified atom stereocenters. The first-order valence-electron chi connectivity index (χ1n) is 10.7. The summed E-state index contributed by atoms with van der Waals surface area (Å²) in [5, 5.41) is 11.6. The highest BCUT2D eigenvalue weighted by molar-refractivity contribution is 7.09. The van der Waals surface area contributed by atoms with Gasteiger partial charge in [-0.3, -0.25) is 0 Å². The summed E-state index contributed by atoms with van der Waals surface area (Å²) >= 11 is 1.49. The lowest BCUT2D eigenvalue weighted by atomic mass is 9.94. The molecule has 32 heavy (non-hydrogen) atoms. The van der Waals surface area contributed by atoms with Crippen molar-refractivity contribution in [3.63, 3.8) is 0 Å². The molecule has 1 saturated heterocycles. The minimum atomic E-state index is -0.253. The number of nitriles is 1. The molecule has 1 aromatic heterocycles. The highest BCUT2D eigenvalue weighted by Gasteiger charge is 2.23. The van der Waals surface area contributed by atoms with E-state index in [1.165, 1.54) is 11.3 Å². The molecule has 164 valence electrons. The second kappa shape index (κ2) is 10.8. The molecule has 6 nitrogen and oxygen atoms in total. The predicted molar refractivity (Wildman–Crippen MR) is 123 cm³/mol. The van der Waals surface area contributed by atoms with Gasteiger partial charge in [0.05, 0.1) is 18.2 Å². The summed E-state index contributed by atoms with van der Waals surface area (Å²) < 4.78 is 11.3. The molecule has 1 aliphatic heterocycles. The average Bonchev–Trinajstić information content (AvgIpc) is 3.37. The van der Waals surface area contributed by atoms with Crippen LogP contribution in [0, 0.1) is 17.2 Å². The Hall–Kier alpha value is -3.37. The van der Waals surface area contributed by atoms with Gasteiger partial charge in [0.25, 0.3) is 0 Å². The van der Waals surface area contributed by atoms with Crippen LogP contribution in [0.1, 0.15) is 29.8 Å². The fraction of sp³-hybridized carbons (Fsp3) is 0.320. The Balaban J connectivity index is 1.16. The predicted octanol–water partition coefficient (Wildman–Crippen LogP) is 5.50. The van der Waals surface area contributed by atoms with Crippen LogP contribution < -0.4 is 4.74 Å². The van der Waals surface area contributed by atoms with E-state index < -0.39 is 0 Å². The van der Waals surface area contributed by atoms with Crippen LogP contribution in [0.3, 0.4) is 0 Å². The minimum Gasteiger partial charge on any atom is -0.494 e. The molecule has 0 spiro atoms. The Labute approximate surface area is 192 Å². The molecule has 7 heteroatoms. The maximum atomic E-state index is 12.2. The molecule has 0 radical (unpaired) electrons. The lowest BCUT2D eigenvalue weighted by molar-refractivity contribution is 0.0799. The second-order valence-electron chi connectivity index (χ2n) is 7.76. The van der Waals surface area contributed by atoms with Crippen LogP contribution in [0.5, 0.6) is 5.75 Å². The van der Waals surface area contributed by atoms with Crippen LogP contribution in [0.15, 0.2) is 60.1 Å². The van der Waals surface area contributed by atoms with Gasteiger partial charge in [-0.15, -0.1) is 11.3 Å². The largest absolute Gasteiger partial charge is 0.494 e. The molecule has 2 heterocycles. The molecule has 2 aromatic carbocycles. The maximum absolute atomic E-state index is 12.2. The molecule has 0 aliphatic carbocycles. The van der Waals surface area contributed by atoms with Crippen molar-refractivity contribution in [1.29, 1.82) is 5.26 Å².